The average Bonchev–Trinajstić information content (AvgIpc) is 2.76. The number of hydrogen-bond acceptors (Lipinski definition) is 4. The van der Waals surface area contributed by atoms with Crippen molar-refractivity contribution in [3.05, 3.63) is 75.8 Å². The molecule has 12 heteroatoms. The van der Waals surface area contributed by atoms with Gasteiger partial charge in [0, 0.05) is 17.7 Å². The number of hydrogen-bond donors (Lipinski definition) is 3. The molecule has 0 heterocycles. The fourth-order valence-electron chi connectivity index (χ4n) is 2.80. The minimum absolute atomic E-state index is 0.0645. The van der Waals surface area contributed by atoms with Crippen molar-refractivity contribution >= 4 is 46.5 Å². The van der Waals surface area contributed by atoms with Crippen LogP contribution < -0.4 is 25.8 Å². The summed E-state index contributed by atoms with van der Waals surface area (Å²) in [7, 11) is 1.22. The molecule has 0 aliphatic rings. The second-order valence-corrected chi connectivity index (χ2v) is 7.56. The van der Waals surface area contributed by atoms with Gasteiger partial charge < -0.3 is 25.8 Å². The van der Waals surface area contributed by atoms with Gasteiger partial charge in [0.25, 0.3) is 0 Å². The van der Waals surface area contributed by atoms with E-state index in [1.165, 1.54) is 37.4 Å². The molecule has 3 amide bonds. The molecule has 0 aliphatic carbocycles. The number of nitrogens with two attached hydrogens (primary N) is 1. The van der Waals surface area contributed by atoms with E-state index in [9.17, 15) is 22.8 Å². The summed E-state index contributed by atoms with van der Waals surface area (Å²) >= 11 is 11.9. The van der Waals surface area contributed by atoms with Gasteiger partial charge in [-0.2, -0.15) is 13.2 Å². The summed E-state index contributed by atoms with van der Waals surface area (Å²) in [5.41, 5.74) is 4.30. The highest BCUT2D eigenvalue weighted by atomic mass is 35.5. The Morgan fingerprint density at radius 1 is 0.882 bits per heavy atom. The number of urea groups is 1. The maximum absolute atomic E-state index is 13.1. The maximum atomic E-state index is 13.1. The first-order valence-electron chi connectivity index (χ1n) is 9.38. The lowest BCUT2D eigenvalue weighted by atomic mass is 10.1. The number of methoxy groups -OCH3 is 1. The molecule has 34 heavy (non-hydrogen) atoms. The van der Waals surface area contributed by atoms with E-state index in [0.717, 1.165) is 6.07 Å². The SMILES string of the molecule is COc1cc(Cl)c(C(F)(F)F)cc1NC(=O)Nc1ccc(Oc2ccc(C(N)=O)cc2)cc1Cl. The quantitative estimate of drug-likeness (QED) is 0.347. The molecule has 0 radical (unpaired) electrons. The maximum Gasteiger partial charge on any atom is 0.417 e. The minimum atomic E-state index is -4.73. The van der Waals surface area contributed by atoms with Crippen molar-refractivity contribution < 1.29 is 32.2 Å². The molecule has 0 spiro atoms. The van der Waals surface area contributed by atoms with Crippen molar-refractivity contribution in [2.24, 2.45) is 5.73 Å². The Hall–Kier alpha value is -3.63. The third kappa shape index (κ3) is 6.03. The van der Waals surface area contributed by atoms with E-state index in [-0.39, 0.29) is 22.1 Å². The predicted molar refractivity (Wildman–Crippen MR) is 122 cm³/mol. The number of amides is 3. The largest absolute Gasteiger partial charge is 0.495 e. The van der Waals surface area contributed by atoms with Crippen LogP contribution in [0.5, 0.6) is 17.2 Å². The van der Waals surface area contributed by atoms with Crippen LogP contribution in [-0.4, -0.2) is 19.0 Å². The average molecular weight is 514 g/mol. The van der Waals surface area contributed by atoms with Crippen molar-refractivity contribution in [3.8, 4) is 17.2 Å². The van der Waals surface area contributed by atoms with E-state index < -0.39 is 28.7 Å². The standard InChI is InChI=1S/C22H16Cl2F3N3O4/c1-33-19-10-15(23)14(22(25,26)27)9-18(19)30-21(32)29-17-7-6-13(8-16(17)24)34-12-4-2-11(3-5-12)20(28)31/h2-10H,1H3,(H2,28,31)(H2,29,30,32). The topological polar surface area (TPSA) is 103 Å². The molecule has 3 aromatic carbocycles. The highest BCUT2D eigenvalue weighted by molar-refractivity contribution is 6.34. The zero-order valence-electron chi connectivity index (χ0n) is 17.3. The van der Waals surface area contributed by atoms with E-state index in [1.54, 1.807) is 12.1 Å². The number of carbonyl (C=O) groups is 2. The van der Waals surface area contributed by atoms with E-state index in [4.69, 9.17) is 38.4 Å². The van der Waals surface area contributed by atoms with E-state index in [0.29, 0.717) is 23.1 Å². The fraction of sp³-hybridized carbons (Fsp3) is 0.0909. The summed E-state index contributed by atoms with van der Waals surface area (Å²) in [5, 5.41) is 4.25. The third-order valence-corrected chi connectivity index (χ3v) is 5.03. The molecule has 0 aliphatic heterocycles. The molecule has 3 aromatic rings. The summed E-state index contributed by atoms with van der Waals surface area (Å²) in [4.78, 5) is 23.5. The number of halogens is 5. The van der Waals surface area contributed by atoms with Crippen LogP contribution in [0.1, 0.15) is 15.9 Å². The van der Waals surface area contributed by atoms with Crippen LogP contribution in [-0.2, 0) is 6.18 Å². The molecular weight excluding hydrogens is 498 g/mol. The van der Waals surface area contributed by atoms with Gasteiger partial charge in [-0.15, -0.1) is 0 Å². The molecule has 3 rings (SSSR count). The summed E-state index contributed by atoms with van der Waals surface area (Å²) in [6, 6.07) is 11.2. The molecule has 0 fully saturated rings. The summed E-state index contributed by atoms with van der Waals surface area (Å²) < 4.78 is 50.1. The number of nitrogens with one attached hydrogen (secondary N) is 2. The lowest BCUT2D eigenvalue weighted by Gasteiger charge is -2.16. The monoisotopic (exact) mass is 513 g/mol. The second kappa shape index (κ2) is 10.1. The van der Waals surface area contributed by atoms with Crippen LogP contribution in [0.3, 0.4) is 0 Å². The van der Waals surface area contributed by atoms with Crippen molar-refractivity contribution in [2.45, 2.75) is 6.18 Å². The zero-order valence-corrected chi connectivity index (χ0v) is 18.8. The van der Waals surface area contributed by atoms with Gasteiger partial charge in [-0.1, -0.05) is 23.2 Å². The van der Waals surface area contributed by atoms with Gasteiger partial charge in [-0.3, -0.25) is 4.79 Å². The first kappa shape index (κ1) is 25.0. The number of carbonyl (C=O) groups excluding carboxylic acids is 2. The van der Waals surface area contributed by atoms with Crippen LogP contribution in [0.4, 0.5) is 29.3 Å². The summed E-state index contributed by atoms with van der Waals surface area (Å²) in [5.74, 6) is 0.103. The molecule has 0 unspecified atom stereocenters. The van der Waals surface area contributed by atoms with E-state index in [2.05, 4.69) is 10.6 Å². The Balaban J connectivity index is 1.72. The van der Waals surface area contributed by atoms with Gasteiger partial charge in [-0.05, 0) is 42.5 Å². The van der Waals surface area contributed by atoms with Gasteiger partial charge in [0.1, 0.15) is 17.2 Å². The van der Waals surface area contributed by atoms with Gasteiger partial charge >= 0.3 is 12.2 Å². The Bertz CT molecular complexity index is 1240. The van der Waals surface area contributed by atoms with Gasteiger partial charge in [0.15, 0.2) is 0 Å². The van der Waals surface area contributed by atoms with Crippen LogP contribution in [0.25, 0.3) is 0 Å². The van der Waals surface area contributed by atoms with Gasteiger partial charge in [-0.25, -0.2) is 4.79 Å². The molecule has 0 saturated heterocycles. The van der Waals surface area contributed by atoms with E-state index >= 15 is 0 Å². The van der Waals surface area contributed by atoms with Crippen LogP contribution in [0.2, 0.25) is 10.0 Å². The molecule has 0 aromatic heterocycles. The molecule has 178 valence electrons. The highest BCUT2D eigenvalue weighted by Gasteiger charge is 2.34. The molecule has 0 bridgehead atoms. The van der Waals surface area contributed by atoms with Crippen LogP contribution >= 0.6 is 23.2 Å². The minimum Gasteiger partial charge on any atom is -0.495 e. The smallest absolute Gasteiger partial charge is 0.417 e. The highest BCUT2D eigenvalue weighted by Crippen LogP contribution is 2.40. The van der Waals surface area contributed by atoms with Crippen LogP contribution in [0, 0.1) is 0 Å². The first-order chi connectivity index (χ1) is 16.0. The number of ether oxygens (including phenoxy) is 2. The van der Waals surface area contributed by atoms with Crippen molar-refractivity contribution in [1.82, 2.24) is 0 Å². The number of primary amides is 1. The lowest BCUT2D eigenvalue weighted by Crippen LogP contribution is -2.20. The van der Waals surface area contributed by atoms with E-state index in [1.807, 2.05) is 0 Å². The van der Waals surface area contributed by atoms with Crippen molar-refractivity contribution in [3.63, 3.8) is 0 Å². The fourth-order valence-corrected chi connectivity index (χ4v) is 3.28. The third-order valence-electron chi connectivity index (χ3n) is 4.41. The number of anilines is 2. The van der Waals surface area contributed by atoms with Crippen LogP contribution in [0.15, 0.2) is 54.6 Å². The number of alkyl halides is 3. The van der Waals surface area contributed by atoms with Gasteiger partial charge in [0.05, 0.1) is 34.1 Å². The molecule has 4 N–H and O–H groups in total. The number of rotatable bonds is 6. The normalized spacial score (nSPS) is 11.0. The first-order valence-corrected chi connectivity index (χ1v) is 10.1. The predicted octanol–water partition coefficient (Wildman–Crippen LogP) is 6.56. The molecule has 7 nitrogen and oxygen atoms in total. The Morgan fingerprint density at radius 2 is 1.50 bits per heavy atom. The molecule has 0 atom stereocenters. The Kier molecular flexibility index (Phi) is 7.43. The van der Waals surface area contributed by atoms with Gasteiger partial charge in [0.2, 0.25) is 5.91 Å². The van der Waals surface area contributed by atoms with Crippen molar-refractivity contribution in [2.75, 3.05) is 17.7 Å². The zero-order chi connectivity index (χ0) is 25.0. The molecular formula is C22H16Cl2F3N3O4. The van der Waals surface area contributed by atoms with Crippen molar-refractivity contribution in [1.29, 1.82) is 0 Å². The number of benzene rings is 3. The lowest BCUT2D eigenvalue weighted by molar-refractivity contribution is -0.137. The summed E-state index contributed by atoms with van der Waals surface area (Å²) in [6.45, 7) is 0. The molecule has 0 saturated carbocycles. The Labute approximate surface area is 201 Å². The second-order valence-electron chi connectivity index (χ2n) is 6.74. The Morgan fingerprint density at radius 3 is 2.06 bits per heavy atom. The summed E-state index contributed by atoms with van der Waals surface area (Å²) in [6.07, 6.45) is -4.73.